The Labute approximate surface area is 89.7 Å². The molecular weight excluding hydrogens is 214 g/mol. The Morgan fingerprint density at radius 3 is 2.31 bits per heavy atom. The molecule has 1 aliphatic rings. The summed E-state index contributed by atoms with van der Waals surface area (Å²) < 4.78 is 0. The van der Waals surface area contributed by atoms with Crippen LogP contribution in [0.3, 0.4) is 0 Å². The summed E-state index contributed by atoms with van der Waals surface area (Å²) in [4.78, 5) is 24.0. The molecule has 82 valence electrons. The van der Waals surface area contributed by atoms with E-state index in [-0.39, 0.29) is 17.4 Å². The maximum absolute atomic E-state index is 10.8. The first kappa shape index (κ1) is 10.2. The summed E-state index contributed by atoms with van der Waals surface area (Å²) in [5.74, 6) is 0. The highest BCUT2D eigenvalue weighted by Gasteiger charge is 2.32. The lowest BCUT2D eigenvalue weighted by atomic mass is 10.1. The molecule has 1 aromatic rings. The smallest absolute Gasteiger partial charge is 0.277 e. The zero-order valence-corrected chi connectivity index (χ0v) is 8.28. The molecule has 0 radical (unpaired) electrons. The van der Waals surface area contributed by atoms with E-state index in [0.29, 0.717) is 5.56 Å². The molecule has 16 heavy (non-hydrogen) atoms. The van der Waals surface area contributed by atoms with Crippen LogP contribution in [0.1, 0.15) is 18.5 Å². The largest absolute Gasteiger partial charge is 0.282 e. The molecule has 1 heterocycles. The molecule has 7 nitrogen and oxygen atoms in total. The predicted octanol–water partition coefficient (Wildman–Crippen LogP) is 2.02. The molecule has 7 heteroatoms. The van der Waals surface area contributed by atoms with E-state index in [9.17, 15) is 20.2 Å². The van der Waals surface area contributed by atoms with E-state index in [1.807, 2.05) is 0 Å². The highest BCUT2D eigenvalue weighted by Crippen LogP contribution is 2.38. The maximum Gasteiger partial charge on any atom is 0.282 e. The van der Waals surface area contributed by atoms with Gasteiger partial charge in [-0.1, -0.05) is 0 Å². The van der Waals surface area contributed by atoms with Crippen molar-refractivity contribution in [3.63, 3.8) is 0 Å². The minimum Gasteiger partial charge on any atom is -0.277 e. The number of hydrogen-bond acceptors (Lipinski definition) is 5. The van der Waals surface area contributed by atoms with Gasteiger partial charge in [0.25, 0.3) is 11.4 Å². The summed E-state index contributed by atoms with van der Waals surface area (Å²) >= 11 is 0. The zero-order valence-electron chi connectivity index (χ0n) is 8.28. The molecular formula is C9H7N3O4. The summed E-state index contributed by atoms with van der Waals surface area (Å²) in [5, 5.41) is 21.3. The second-order valence-electron chi connectivity index (χ2n) is 3.43. The molecule has 0 spiro atoms. The van der Waals surface area contributed by atoms with Crippen molar-refractivity contribution in [3.8, 4) is 0 Å². The van der Waals surface area contributed by atoms with Crippen LogP contribution >= 0.6 is 0 Å². The van der Waals surface area contributed by atoms with Crippen LogP contribution in [0.2, 0.25) is 0 Å². The highest BCUT2D eigenvalue weighted by molar-refractivity contribution is 6.00. The summed E-state index contributed by atoms with van der Waals surface area (Å²) in [6.45, 7) is 1.76. The maximum atomic E-state index is 10.8. The molecule has 0 fully saturated rings. The Hall–Kier alpha value is -2.31. The van der Waals surface area contributed by atoms with Crippen LogP contribution in [0.4, 0.5) is 11.4 Å². The van der Waals surface area contributed by atoms with E-state index in [1.54, 1.807) is 6.92 Å². The van der Waals surface area contributed by atoms with Crippen molar-refractivity contribution in [3.05, 3.63) is 44.0 Å². The van der Waals surface area contributed by atoms with Crippen molar-refractivity contribution < 1.29 is 9.85 Å². The van der Waals surface area contributed by atoms with Gasteiger partial charge >= 0.3 is 0 Å². The van der Waals surface area contributed by atoms with Gasteiger partial charge in [0.15, 0.2) is 0 Å². The zero-order chi connectivity index (χ0) is 11.9. The number of benzene rings is 1. The van der Waals surface area contributed by atoms with Crippen molar-refractivity contribution in [2.45, 2.75) is 13.0 Å². The van der Waals surface area contributed by atoms with Crippen molar-refractivity contribution in [1.29, 1.82) is 0 Å². The van der Waals surface area contributed by atoms with Gasteiger partial charge < -0.3 is 0 Å². The van der Waals surface area contributed by atoms with Gasteiger partial charge in [-0.3, -0.25) is 25.2 Å². The van der Waals surface area contributed by atoms with Gasteiger partial charge in [-0.15, -0.1) is 0 Å². The summed E-state index contributed by atoms with van der Waals surface area (Å²) in [5.41, 5.74) is 0.679. The molecule has 0 aromatic heterocycles. The lowest BCUT2D eigenvalue weighted by Crippen LogP contribution is -1.98. The van der Waals surface area contributed by atoms with Crippen LogP contribution < -0.4 is 0 Å². The molecule has 0 N–H and O–H groups in total. The molecule has 1 aliphatic heterocycles. The quantitative estimate of drug-likeness (QED) is 0.575. The Bertz CT molecular complexity index is 523. The monoisotopic (exact) mass is 221 g/mol. The van der Waals surface area contributed by atoms with Gasteiger partial charge in [-0.05, 0) is 13.0 Å². The van der Waals surface area contributed by atoms with Crippen LogP contribution in [0, 0.1) is 20.2 Å². The normalized spacial score (nSPS) is 17.8. The van der Waals surface area contributed by atoms with Gasteiger partial charge in [0.2, 0.25) is 0 Å². The predicted molar refractivity (Wildman–Crippen MR) is 55.6 cm³/mol. The first-order chi connectivity index (χ1) is 7.50. The highest BCUT2D eigenvalue weighted by atomic mass is 16.6. The first-order valence-corrected chi connectivity index (χ1v) is 4.47. The molecule has 0 amide bonds. The SMILES string of the molecule is CC1=N[C@@H]1c1ccc([N+](=O)[O-])cc1[N+](=O)[O-]. The van der Waals surface area contributed by atoms with Gasteiger partial charge in [0, 0.05) is 11.8 Å². The van der Waals surface area contributed by atoms with Crippen molar-refractivity contribution in [2.24, 2.45) is 4.99 Å². The Kier molecular flexibility index (Phi) is 2.15. The summed E-state index contributed by atoms with van der Waals surface area (Å²) in [6.07, 6.45) is 0. The standard InChI is InChI=1S/C9H7N3O4/c1-5-9(10-5)7-3-2-6(11(13)14)4-8(7)12(15)16/h2-4,9H,1H3/t9-/m0/s1. The van der Waals surface area contributed by atoms with E-state index in [4.69, 9.17) is 0 Å². The van der Waals surface area contributed by atoms with Crippen LogP contribution in [0.5, 0.6) is 0 Å². The van der Waals surface area contributed by atoms with Gasteiger partial charge in [0.05, 0.1) is 21.5 Å². The molecule has 0 saturated heterocycles. The second-order valence-corrected chi connectivity index (χ2v) is 3.43. The summed E-state index contributed by atoms with van der Waals surface area (Å²) in [6, 6.07) is 3.34. The number of nitro groups is 2. The third-order valence-electron chi connectivity index (χ3n) is 2.38. The van der Waals surface area contributed by atoms with E-state index < -0.39 is 9.85 Å². The van der Waals surface area contributed by atoms with Gasteiger partial charge in [0.1, 0.15) is 6.04 Å². The first-order valence-electron chi connectivity index (χ1n) is 4.47. The minimum atomic E-state index is -0.655. The Morgan fingerprint density at radius 1 is 1.25 bits per heavy atom. The average Bonchev–Trinajstić information content (AvgIpc) is 2.94. The minimum absolute atomic E-state index is 0.250. The number of rotatable bonds is 3. The Balaban J connectivity index is 2.46. The number of hydrogen-bond donors (Lipinski definition) is 0. The van der Waals surface area contributed by atoms with Crippen molar-refractivity contribution in [1.82, 2.24) is 0 Å². The average molecular weight is 221 g/mol. The fourth-order valence-electron chi connectivity index (χ4n) is 1.50. The number of nitrogens with zero attached hydrogens (tertiary/aromatic N) is 3. The molecule has 0 unspecified atom stereocenters. The Morgan fingerprint density at radius 2 is 1.88 bits per heavy atom. The summed E-state index contributed by atoms with van der Waals surface area (Å²) in [7, 11) is 0. The molecule has 2 rings (SSSR count). The third kappa shape index (κ3) is 1.62. The molecule has 1 aromatic carbocycles. The number of aliphatic imine (C=N–C) groups is 1. The molecule has 0 saturated carbocycles. The van der Waals surface area contributed by atoms with Crippen molar-refractivity contribution >= 4 is 17.1 Å². The van der Waals surface area contributed by atoms with E-state index >= 15 is 0 Å². The van der Waals surface area contributed by atoms with E-state index in [0.717, 1.165) is 11.8 Å². The van der Waals surface area contributed by atoms with Gasteiger partial charge in [-0.2, -0.15) is 0 Å². The second kappa shape index (κ2) is 3.37. The molecule has 0 aliphatic carbocycles. The van der Waals surface area contributed by atoms with Crippen molar-refractivity contribution in [2.75, 3.05) is 0 Å². The lowest BCUT2D eigenvalue weighted by molar-refractivity contribution is -0.394. The number of nitro benzene ring substituents is 2. The topological polar surface area (TPSA) is 98.6 Å². The van der Waals surface area contributed by atoms with Crippen LogP contribution in [0.25, 0.3) is 0 Å². The van der Waals surface area contributed by atoms with Crippen LogP contribution in [-0.2, 0) is 0 Å². The van der Waals surface area contributed by atoms with Gasteiger partial charge in [-0.25, -0.2) is 0 Å². The fourth-order valence-corrected chi connectivity index (χ4v) is 1.50. The molecule has 0 bridgehead atoms. The fraction of sp³-hybridized carbons (Fsp3) is 0.222. The molecule has 1 atom stereocenters. The lowest BCUT2D eigenvalue weighted by Gasteiger charge is -1.99. The van der Waals surface area contributed by atoms with E-state index in [1.165, 1.54) is 12.1 Å². The number of non-ortho nitro benzene ring substituents is 1. The van der Waals surface area contributed by atoms with E-state index in [2.05, 4.69) is 4.99 Å². The third-order valence-corrected chi connectivity index (χ3v) is 2.38. The van der Waals surface area contributed by atoms with Crippen LogP contribution in [-0.4, -0.2) is 15.6 Å². The van der Waals surface area contributed by atoms with Crippen LogP contribution in [0.15, 0.2) is 23.2 Å².